The van der Waals surface area contributed by atoms with Crippen molar-refractivity contribution in [3.05, 3.63) is 42.1 Å². The molecule has 2 aromatic heterocycles. The lowest BCUT2D eigenvalue weighted by atomic mass is 10.0. The number of phenolic OH excluding ortho intramolecular Hbond substituents is 1. The molecule has 1 aliphatic rings. The Kier molecular flexibility index (Phi) is 4.58. The Bertz CT molecular complexity index is 1000. The third kappa shape index (κ3) is 3.47. The van der Waals surface area contributed by atoms with Crippen molar-refractivity contribution in [1.29, 1.82) is 0 Å². The van der Waals surface area contributed by atoms with Crippen molar-refractivity contribution < 1.29 is 22.7 Å². The number of hydrogen-bond donors (Lipinski definition) is 3. The molecule has 3 aromatic rings. The second kappa shape index (κ2) is 6.93. The van der Waals surface area contributed by atoms with E-state index in [1.54, 1.807) is 22.7 Å². The lowest BCUT2D eigenvalue weighted by Crippen LogP contribution is -2.44. The Hall–Kier alpha value is -2.88. The van der Waals surface area contributed by atoms with Gasteiger partial charge in [-0.3, -0.25) is 4.40 Å². The van der Waals surface area contributed by atoms with E-state index in [4.69, 9.17) is 0 Å². The molecule has 1 aromatic carbocycles. The highest BCUT2D eigenvalue weighted by Gasteiger charge is 2.31. The number of alkyl halides is 4. The standard InChI is InChI=1S/C18H17F4N5O/c19-11-7-12(9-23-8-11)24-17-26-25-16-14(2-1-5-27(16)17)13-4-3-10(6-15(13)28)18(20,21)22/h1-6,11-12,23,28H,7-9H2,(H,24,26)/t11-,12-/m1/s1. The topological polar surface area (TPSA) is 74.5 Å². The zero-order chi connectivity index (χ0) is 19.9. The smallest absolute Gasteiger partial charge is 0.416 e. The zero-order valence-corrected chi connectivity index (χ0v) is 14.5. The first-order chi connectivity index (χ1) is 13.3. The van der Waals surface area contributed by atoms with E-state index in [1.807, 2.05) is 0 Å². The quantitative estimate of drug-likeness (QED) is 0.594. The molecule has 3 heterocycles. The fourth-order valence-corrected chi connectivity index (χ4v) is 3.34. The number of rotatable bonds is 3. The maximum Gasteiger partial charge on any atom is 0.416 e. The molecule has 0 spiro atoms. The molecular formula is C18H17F4N5O. The van der Waals surface area contributed by atoms with Gasteiger partial charge >= 0.3 is 6.18 Å². The van der Waals surface area contributed by atoms with Gasteiger partial charge in [-0.25, -0.2) is 4.39 Å². The molecule has 1 saturated heterocycles. The van der Waals surface area contributed by atoms with Crippen LogP contribution in [0.2, 0.25) is 0 Å². The summed E-state index contributed by atoms with van der Waals surface area (Å²) in [5.41, 5.74) is 0.0656. The molecule has 0 bridgehead atoms. The van der Waals surface area contributed by atoms with Gasteiger partial charge in [-0.2, -0.15) is 13.2 Å². The van der Waals surface area contributed by atoms with Crippen LogP contribution in [0.5, 0.6) is 5.75 Å². The van der Waals surface area contributed by atoms with Crippen LogP contribution in [0.15, 0.2) is 36.5 Å². The van der Waals surface area contributed by atoms with E-state index in [2.05, 4.69) is 20.8 Å². The highest BCUT2D eigenvalue weighted by Crippen LogP contribution is 2.37. The summed E-state index contributed by atoms with van der Waals surface area (Å²) in [5.74, 6) is -0.110. The normalized spacial score (nSPS) is 20.4. The van der Waals surface area contributed by atoms with Crippen molar-refractivity contribution >= 4 is 11.6 Å². The largest absolute Gasteiger partial charge is 0.507 e. The van der Waals surface area contributed by atoms with Crippen LogP contribution in [0.4, 0.5) is 23.5 Å². The number of phenols is 1. The Balaban J connectivity index is 1.69. The molecule has 10 heteroatoms. The van der Waals surface area contributed by atoms with E-state index < -0.39 is 23.7 Å². The number of benzene rings is 1. The summed E-state index contributed by atoms with van der Waals surface area (Å²) in [6.45, 7) is 0.894. The molecule has 1 aliphatic heterocycles. The number of hydrogen-bond acceptors (Lipinski definition) is 5. The Labute approximate surface area is 157 Å². The molecule has 0 amide bonds. The lowest BCUT2D eigenvalue weighted by molar-refractivity contribution is -0.137. The van der Waals surface area contributed by atoms with E-state index in [0.717, 1.165) is 6.07 Å². The Morgan fingerprint density at radius 2 is 1.96 bits per heavy atom. The molecule has 0 radical (unpaired) electrons. The monoisotopic (exact) mass is 395 g/mol. The van der Waals surface area contributed by atoms with Crippen LogP contribution < -0.4 is 10.6 Å². The number of piperidine rings is 1. The second-order valence-corrected chi connectivity index (χ2v) is 6.70. The highest BCUT2D eigenvalue weighted by molar-refractivity contribution is 5.82. The fourth-order valence-electron chi connectivity index (χ4n) is 3.34. The summed E-state index contributed by atoms with van der Waals surface area (Å²) >= 11 is 0. The van der Waals surface area contributed by atoms with Gasteiger partial charge in [-0.15, -0.1) is 10.2 Å². The molecule has 2 atom stereocenters. The molecule has 1 fully saturated rings. The van der Waals surface area contributed by atoms with Gasteiger partial charge in [0.1, 0.15) is 11.9 Å². The Morgan fingerprint density at radius 1 is 1.14 bits per heavy atom. The van der Waals surface area contributed by atoms with Gasteiger partial charge < -0.3 is 15.7 Å². The molecule has 0 aliphatic carbocycles. The van der Waals surface area contributed by atoms with Gasteiger partial charge in [0.2, 0.25) is 5.95 Å². The van der Waals surface area contributed by atoms with Crippen LogP contribution in [-0.2, 0) is 6.18 Å². The van der Waals surface area contributed by atoms with Gasteiger partial charge in [0, 0.05) is 42.9 Å². The predicted molar refractivity (Wildman–Crippen MR) is 94.9 cm³/mol. The minimum Gasteiger partial charge on any atom is -0.507 e. The van der Waals surface area contributed by atoms with Crippen LogP contribution in [0, 0.1) is 0 Å². The van der Waals surface area contributed by atoms with Crippen LogP contribution in [0.1, 0.15) is 12.0 Å². The highest BCUT2D eigenvalue weighted by atomic mass is 19.4. The van der Waals surface area contributed by atoms with Gasteiger partial charge in [-0.1, -0.05) is 0 Å². The van der Waals surface area contributed by atoms with Crippen LogP contribution in [-0.4, -0.2) is 45.0 Å². The van der Waals surface area contributed by atoms with Crippen LogP contribution >= 0.6 is 0 Å². The van der Waals surface area contributed by atoms with E-state index in [-0.39, 0.29) is 11.6 Å². The van der Waals surface area contributed by atoms with Crippen molar-refractivity contribution in [3.8, 4) is 16.9 Å². The van der Waals surface area contributed by atoms with Gasteiger partial charge in [-0.05, 0) is 30.3 Å². The second-order valence-electron chi connectivity index (χ2n) is 6.70. The molecule has 4 rings (SSSR count). The van der Waals surface area contributed by atoms with Gasteiger partial charge in [0.15, 0.2) is 5.65 Å². The average molecular weight is 395 g/mol. The molecule has 0 saturated carbocycles. The summed E-state index contributed by atoms with van der Waals surface area (Å²) in [4.78, 5) is 0. The number of anilines is 1. The van der Waals surface area contributed by atoms with Crippen molar-refractivity contribution in [2.75, 3.05) is 18.4 Å². The van der Waals surface area contributed by atoms with Crippen molar-refractivity contribution in [2.24, 2.45) is 0 Å². The maximum atomic E-state index is 13.6. The number of nitrogens with one attached hydrogen (secondary N) is 2. The molecule has 3 N–H and O–H groups in total. The summed E-state index contributed by atoms with van der Waals surface area (Å²) in [7, 11) is 0. The number of aromatic hydroxyl groups is 1. The van der Waals surface area contributed by atoms with Crippen molar-refractivity contribution in [3.63, 3.8) is 0 Å². The molecule has 0 unspecified atom stereocenters. The van der Waals surface area contributed by atoms with Crippen LogP contribution in [0.3, 0.4) is 0 Å². The SMILES string of the molecule is Oc1cc(C(F)(F)F)ccc1-c1cccn2c(N[C@H]3CNC[C@H](F)C3)nnc12. The third-order valence-corrected chi connectivity index (χ3v) is 4.68. The molecular weight excluding hydrogens is 378 g/mol. The average Bonchev–Trinajstić information content (AvgIpc) is 3.04. The Morgan fingerprint density at radius 3 is 2.68 bits per heavy atom. The van der Waals surface area contributed by atoms with E-state index in [9.17, 15) is 22.7 Å². The zero-order valence-electron chi connectivity index (χ0n) is 14.5. The summed E-state index contributed by atoms with van der Waals surface area (Å²) in [5, 5.41) is 24.4. The van der Waals surface area contributed by atoms with Crippen molar-refractivity contribution in [2.45, 2.75) is 24.8 Å². The fraction of sp³-hybridized carbons (Fsp3) is 0.333. The number of pyridine rings is 1. The van der Waals surface area contributed by atoms with Crippen LogP contribution in [0.25, 0.3) is 16.8 Å². The molecule has 148 valence electrons. The summed E-state index contributed by atoms with van der Waals surface area (Å²) < 4.78 is 53.7. The third-order valence-electron chi connectivity index (χ3n) is 4.68. The van der Waals surface area contributed by atoms with Crippen molar-refractivity contribution in [1.82, 2.24) is 19.9 Å². The number of halogens is 4. The first-order valence-corrected chi connectivity index (χ1v) is 8.68. The molecule has 28 heavy (non-hydrogen) atoms. The maximum absolute atomic E-state index is 13.6. The predicted octanol–water partition coefficient (Wildman–Crippen LogP) is 3.23. The van der Waals surface area contributed by atoms with E-state index in [0.29, 0.717) is 42.7 Å². The summed E-state index contributed by atoms with van der Waals surface area (Å²) in [6, 6.07) is 5.93. The number of fused-ring (bicyclic) bond motifs is 1. The summed E-state index contributed by atoms with van der Waals surface area (Å²) in [6.07, 6.45) is -3.48. The number of nitrogens with zero attached hydrogens (tertiary/aromatic N) is 3. The van der Waals surface area contributed by atoms with E-state index in [1.165, 1.54) is 6.07 Å². The number of aromatic nitrogens is 3. The van der Waals surface area contributed by atoms with Gasteiger partial charge in [0.25, 0.3) is 0 Å². The minimum atomic E-state index is -4.55. The molecule has 6 nitrogen and oxygen atoms in total. The minimum absolute atomic E-state index is 0.167. The lowest BCUT2D eigenvalue weighted by Gasteiger charge is -2.26. The van der Waals surface area contributed by atoms with Gasteiger partial charge in [0.05, 0.1) is 5.56 Å². The van der Waals surface area contributed by atoms with E-state index >= 15 is 0 Å². The first-order valence-electron chi connectivity index (χ1n) is 8.68. The first kappa shape index (κ1) is 18.5.